The van der Waals surface area contributed by atoms with E-state index in [0.717, 1.165) is 17.5 Å². The first-order valence-electron chi connectivity index (χ1n) is 6.34. The van der Waals surface area contributed by atoms with Gasteiger partial charge in [0.2, 0.25) is 0 Å². The van der Waals surface area contributed by atoms with Gasteiger partial charge in [-0.1, -0.05) is 53.7 Å². The van der Waals surface area contributed by atoms with Crippen LogP contribution in [0.2, 0.25) is 0 Å². The minimum atomic E-state index is -0.00951. The average Bonchev–Trinajstić information content (AvgIpc) is 2.08. The number of phenols is 1. The third-order valence-electron chi connectivity index (χ3n) is 3.03. The summed E-state index contributed by atoms with van der Waals surface area (Å²) in [5.41, 5.74) is 3.51. The Morgan fingerprint density at radius 2 is 1.53 bits per heavy atom. The van der Waals surface area contributed by atoms with Crippen molar-refractivity contribution >= 4 is 0 Å². The smallest absolute Gasteiger partial charge is 0.122 e. The van der Waals surface area contributed by atoms with Crippen LogP contribution >= 0.6 is 0 Å². The molecule has 17 heavy (non-hydrogen) atoms. The molecule has 0 unspecified atom stereocenters. The fourth-order valence-corrected chi connectivity index (χ4v) is 2.10. The van der Waals surface area contributed by atoms with Crippen molar-refractivity contribution in [3.8, 4) is 5.75 Å². The highest BCUT2D eigenvalue weighted by Gasteiger charge is 2.23. The summed E-state index contributed by atoms with van der Waals surface area (Å²) in [6, 6.07) is 4.18. The zero-order valence-corrected chi connectivity index (χ0v) is 12.3. The van der Waals surface area contributed by atoms with Gasteiger partial charge in [0, 0.05) is 0 Å². The maximum Gasteiger partial charge on any atom is 0.122 e. The summed E-state index contributed by atoms with van der Waals surface area (Å²) in [4.78, 5) is 0. The van der Waals surface area contributed by atoms with Crippen LogP contribution in [0.15, 0.2) is 12.1 Å². The Bertz CT molecular complexity index is 403. The maximum atomic E-state index is 10.5. The number of hydrogen-bond acceptors (Lipinski definition) is 1. The normalized spacial score (nSPS) is 12.9. The molecule has 1 nitrogen and oxygen atoms in total. The van der Waals surface area contributed by atoms with Crippen molar-refractivity contribution in [3.05, 3.63) is 28.8 Å². The Hall–Kier alpha value is -0.980. The Morgan fingerprint density at radius 1 is 1.00 bits per heavy atom. The van der Waals surface area contributed by atoms with Crippen LogP contribution in [0.4, 0.5) is 0 Å². The highest BCUT2D eigenvalue weighted by Crippen LogP contribution is 2.37. The Balaban J connectivity index is 3.31. The van der Waals surface area contributed by atoms with E-state index in [1.165, 1.54) is 5.56 Å². The third kappa shape index (κ3) is 3.49. The van der Waals surface area contributed by atoms with E-state index in [-0.39, 0.29) is 10.8 Å². The van der Waals surface area contributed by atoms with Crippen LogP contribution in [0.1, 0.15) is 58.2 Å². The molecule has 0 aliphatic rings. The minimum Gasteiger partial charge on any atom is -0.507 e. The number of benzene rings is 1. The van der Waals surface area contributed by atoms with Crippen molar-refractivity contribution in [2.75, 3.05) is 0 Å². The van der Waals surface area contributed by atoms with Crippen molar-refractivity contribution in [1.82, 2.24) is 0 Å². The molecule has 0 amide bonds. The zero-order chi connectivity index (χ0) is 13.4. The van der Waals surface area contributed by atoms with Gasteiger partial charge >= 0.3 is 0 Å². The molecular formula is C16H26O. The quantitative estimate of drug-likeness (QED) is 0.753. The fourth-order valence-electron chi connectivity index (χ4n) is 2.10. The summed E-state index contributed by atoms with van der Waals surface area (Å²) in [6.07, 6.45) is 0.911. The molecular weight excluding hydrogens is 208 g/mol. The summed E-state index contributed by atoms with van der Waals surface area (Å²) in [5.74, 6) is 0.493. The van der Waals surface area contributed by atoms with Crippen LogP contribution in [0, 0.1) is 12.3 Å². The second-order valence-corrected chi connectivity index (χ2v) is 7.24. The summed E-state index contributed by atoms with van der Waals surface area (Å²) in [7, 11) is 0. The zero-order valence-electron chi connectivity index (χ0n) is 12.3. The molecule has 1 heteroatoms. The third-order valence-corrected chi connectivity index (χ3v) is 3.03. The van der Waals surface area contributed by atoms with E-state index in [1.807, 2.05) is 0 Å². The van der Waals surface area contributed by atoms with Crippen molar-refractivity contribution in [1.29, 1.82) is 0 Å². The van der Waals surface area contributed by atoms with Gasteiger partial charge in [-0.05, 0) is 40.9 Å². The van der Waals surface area contributed by atoms with Crippen LogP contribution in [0.25, 0.3) is 0 Å². The van der Waals surface area contributed by atoms with Gasteiger partial charge in [-0.15, -0.1) is 0 Å². The summed E-state index contributed by atoms with van der Waals surface area (Å²) in [6.45, 7) is 15.1. The molecule has 1 N–H and O–H groups in total. The van der Waals surface area contributed by atoms with Gasteiger partial charge in [0.15, 0.2) is 0 Å². The van der Waals surface area contributed by atoms with Crippen LogP contribution in [-0.2, 0) is 11.8 Å². The summed E-state index contributed by atoms with van der Waals surface area (Å²) in [5, 5.41) is 10.5. The van der Waals surface area contributed by atoms with Gasteiger partial charge in [0.05, 0.1) is 0 Å². The molecule has 96 valence electrons. The molecule has 0 heterocycles. The lowest BCUT2D eigenvalue weighted by Gasteiger charge is -2.26. The minimum absolute atomic E-state index is 0.00951. The van der Waals surface area contributed by atoms with Crippen molar-refractivity contribution in [2.24, 2.45) is 5.41 Å². The Kier molecular flexibility index (Phi) is 3.61. The number of rotatable bonds is 1. The molecule has 0 aliphatic carbocycles. The molecule has 1 aromatic carbocycles. The number of aromatic hydroxyl groups is 1. The lowest BCUT2D eigenvalue weighted by molar-refractivity contribution is 0.387. The number of hydrogen-bond donors (Lipinski definition) is 1. The van der Waals surface area contributed by atoms with E-state index in [0.29, 0.717) is 5.75 Å². The van der Waals surface area contributed by atoms with Gasteiger partial charge in [-0.2, -0.15) is 0 Å². The highest BCUT2D eigenvalue weighted by molar-refractivity contribution is 5.48. The molecule has 0 aliphatic heterocycles. The Labute approximate surface area is 106 Å². The van der Waals surface area contributed by atoms with Crippen molar-refractivity contribution in [2.45, 2.75) is 60.3 Å². The van der Waals surface area contributed by atoms with E-state index in [4.69, 9.17) is 0 Å². The van der Waals surface area contributed by atoms with Crippen LogP contribution in [0.5, 0.6) is 5.75 Å². The van der Waals surface area contributed by atoms with E-state index < -0.39 is 0 Å². The first kappa shape index (κ1) is 14.1. The molecule has 0 radical (unpaired) electrons. The molecule has 0 atom stereocenters. The van der Waals surface area contributed by atoms with Crippen LogP contribution < -0.4 is 0 Å². The largest absolute Gasteiger partial charge is 0.507 e. The monoisotopic (exact) mass is 234 g/mol. The second-order valence-electron chi connectivity index (χ2n) is 7.24. The molecule has 0 spiro atoms. The van der Waals surface area contributed by atoms with Crippen LogP contribution in [0.3, 0.4) is 0 Å². The van der Waals surface area contributed by atoms with E-state index in [2.05, 4.69) is 60.6 Å². The molecule has 0 saturated heterocycles. The van der Waals surface area contributed by atoms with Gasteiger partial charge < -0.3 is 5.11 Å². The van der Waals surface area contributed by atoms with Gasteiger partial charge in [-0.3, -0.25) is 0 Å². The molecule has 1 rings (SSSR count). The first-order chi connectivity index (χ1) is 7.52. The highest BCUT2D eigenvalue weighted by atomic mass is 16.3. The number of phenolic OH excluding ortho intramolecular Hbond substituents is 1. The lowest BCUT2D eigenvalue weighted by atomic mass is 9.80. The standard InChI is InChI=1S/C16H26O/c1-11-8-9-13(16(5,6)7)14(17)12(11)10-15(2,3)4/h8-9,17H,10H2,1-7H3. The SMILES string of the molecule is Cc1ccc(C(C)(C)C)c(O)c1CC(C)(C)C. The average molecular weight is 234 g/mol. The second kappa shape index (κ2) is 4.36. The van der Waals surface area contributed by atoms with E-state index >= 15 is 0 Å². The van der Waals surface area contributed by atoms with Gasteiger partial charge in [-0.25, -0.2) is 0 Å². The topological polar surface area (TPSA) is 20.2 Å². The van der Waals surface area contributed by atoms with Gasteiger partial charge in [0.1, 0.15) is 5.75 Å². The number of aryl methyl sites for hydroxylation is 1. The molecule has 0 saturated carbocycles. The van der Waals surface area contributed by atoms with Crippen molar-refractivity contribution < 1.29 is 5.11 Å². The predicted octanol–water partition coefficient (Wildman–Crippen LogP) is 4.59. The lowest BCUT2D eigenvalue weighted by Crippen LogP contribution is -2.15. The Morgan fingerprint density at radius 3 is 1.94 bits per heavy atom. The summed E-state index contributed by atoms with van der Waals surface area (Å²) >= 11 is 0. The van der Waals surface area contributed by atoms with Gasteiger partial charge in [0.25, 0.3) is 0 Å². The van der Waals surface area contributed by atoms with Crippen LogP contribution in [-0.4, -0.2) is 5.11 Å². The fraction of sp³-hybridized carbons (Fsp3) is 0.625. The summed E-state index contributed by atoms with van der Waals surface area (Å²) < 4.78 is 0. The molecule has 0 fully saturated rings. The predicted molar refractivity (Wildman–Crippen MR) is 74.7 cm³/mol. The van der Waals surface area contributed by atoms with Crippen molar-refractivity contribution in [3.63, 3.8) is 0 Å². The molecule has 0 aromatic heterocycles. The van der Waals surface area contributed by atoms with E-state index in [9.17, 15) is 5.11 Å². The molecule has 0 bridgehead atoms. The molecule has 1 aromatic rings. The maximum absolute atomic E-state index is 10.5. The first-order valence-corrected chi connectivity index (χ1v) is 6.34. The van der Waals surface area contributed by atoms with E-state index in [1.54, 1.807) is 0 Å².